The Labute approximate surface area is 110 Å². The van der Waals surface area contributed by atoms with Crippen LogP contribution in [0.15, 0.2) is 60.8 Å². The van der Waals surface area contributed by atoms with Crippen molar-refractivity contribution >= 4 is 22.2 Å². The number of benzene rings is 2. The van der Waals surface area contributed by atoms with Crippen molar-refractivity contribution in [3.8, 4) is 0 Å². The lowest BCUT2D eigenvalue weighted by atomic mass is 10.0. The van der Waals surface area contributed by atoms with Gasteiger partial charge in [0.15, 0.2) is 0 Å². The summed E-state index contributed by atoms with van der Waals surface area (Å²) in [7, 11) is 0. The van der Waals surface area contributed by atoms with Crippen molar-refractivity contribution in [2.75, 3.05) is 5.73 Å². The van der Waals surface area contributed by atoms with Crippen molar-refractivity contribution in [3.05, 3.63) is 72.1 Å². The van der Waals surface area contributed by atoms with Gasteiger partial charge < -0.3 is 5.73 Å². The van der Waals surface area contributed by atoms with E-state index in [1.165, 1.54) is 6.20 Å². The van der Waals surface area contributed by atoms with E-state index in [1.807, 2.05) is 42.5 Å². The molecule has 92 valence electrons. The van der Waals surface area contributed by atoms with Crippen LogP contribution < -0.4 is 5.73 Å². The number of ketones is 1. The smallest absolute Gasteiger partial charge is 0.211 e. The molecule has 19 heavy (non-hydrogen) atoms. The molecule has 2 aromatic carbocycles. The number of aromatic nitrogens is 1. The summed E-state index contributed by atoms with van der Waals surface area (Å²) >= 11 is 0. The van der Waals surface area contributed by atoms with Gasteiger partial charge in [-0.25, -0.2) is 0 Å². The van der Waals surface area contributed by atoms with E-state index in [0.717, 1.165) is 10.8 Å². The van der Waals surface area contributed by atoms with Crippen molar-refractivity contribution in [1.82, 2.24) is 4.98 Å². The molecule has 1 heterocycles. The molecule has 0 atom stereocenters. The van der Waals surface area contributed by atoms with Gasteiger partial charge in [0.25, 0.3) is 0 Å². The Kier molecular flexibility index (Phi) is 2.72. The van der Waals surface area contributed by atoms with Crippen LogP contribution in [0.2, 0.25) is 0 Å². The van der Waals surface area contributed by atoms with Gasteiger partial charge in [-0.05, 0) is 29.0 Å². The number of carbonyl (C=O) groups is 1. The van der Waals surface area contributed by atoms with Crippen LogP contribution in [-0.4, -0.2) is 10.8 Å². The second-order valence-corrected chi connectivity index (χ2v) is 4.37. The average Bonchev–Trinajstić information content (AvgIpc) is 2.47. The maximum absolute atomic E-state index is 12.3. The molecule has 0 spiro atoms. The molecule has 0 aliphatic rings. The molecule has 3 heteroatoms. The normalized spacial score (nSPS) is 10.5. The number of hydrogen-bond donors (Lipinski definition) is 1. The Morgan fingerprint density at radius 2 is 1.74 bits per heavy atom. The Balaban J connectivity index is 2.04. The molecule has 3 nitrogen and oxygen atoms in total. The molecule has 0 saturated carbocycles. The molecule has 0 radical (unpaired) electrons. The Bertz CT molecular complexity index is 748. The lowest BCUT2D eigenvalue weighted by Crippen LogP contribution is -2.04. The number of nitrogens with two attached hydrogens (primary N) is 1. The second-order valence-electron chi connectivity index (χ2n) is 4.37. The zero-order valence-electron chi connectivity index (χ0n) is 10.2. The Morgan fingerprint density at radius 1 is 0.947 bits per heavy atom. The van der Waals surface area contributed by atoms with Crippen molar-refractivity contribution in [2.24, 2.45) is 0 Å². The number of anilines is 1. The lowest BCUT2D eigenvalue weighted by Gasteiger charge is -2.03. The highest BCUT2D eigenvalue weighted by molar-refractivity contribution is 6.09. The number of nitrogen functional groups attached to an aromatic ring is 1. The molecular formula is C16H12N2O. The molecule has 0 aliphatic carbocycles. The van der Waals surface area contributed by atoms with Crippen LogP contribution in [0.25, 0.3) is 10.8 Å². The first-order chi connectivity index (χ1) is 9.24. The molecule has 1 aromatic heterocycles. The fraction of sp³-hybridized carbons (Fsp3) is 0. The summed E-state index contributed by atoms with van der Waals surface area (Å²) in [5.74, 6) is -0.0919. The first kappa shape index (κ1) is 11.4. The van der Waals surface area contributed by atoms with Gasteiger partial charge in [0, 0.05) is 5.56 Å². The third-order valence-corrected chi connectivity index (χ3v) is 3.03. The van der Waals surface area contributed by atoms with Gasteiger partial charge in [0.2, 0.25) is 5.78 Å². The minimum Gasteiger partial charge on any atom is -0.397 e. The first-order valence-electron chi connectivity index (χ1n) is 5.99. The molecule has 2 N–H and O–H groups in total. The lowest BCUT2D eigenvalue weighted by molar-refractivity contribution is 0.103. The first-order valence-corrected chi connectivity index (χ1v) is 5.99. The van der Waals surface area contributed by atoms with Gasteiger partial charge >= 0.3 is 0 Å². The fourth-order valence-electron chi connectivity index (χ4n) is 2.02. The molecule has 3 rings (SSSR count). The maximum Gasteiger partial charge on any atom is 0.211 e. The summed E-state index contributed by atoms with van der Waals surface area (Å²) in [5.41, 5.74) is 7.16. The van der Waals surface area contributed by atoms with E-state index in [-0.39, 0.29) is 5.78 Å². The van der Waals surface area contributed by atoms with Gasteiger partial charge in [-0.3, -0.25) is 9.78 Å². The summed E-state index contributed by atoms with van der Waals surface area (Å²) in [6.45, 7) is 0. The Morgan fingerprint density at radius 3 is 2.47 bits per heavy atom. The maximum atomic E-state index is 12.3. The number of carbonyl (C=O) groups excluding carboxylic acids is 1. The number of hydrogen-bond acceptors (Lipinski definition) is 3. The van der Waals surface area contributed by atoms with Gasteiger partial charge in [-0.2, -0.15) is 0 Å². The van der Waals surface area contributed by atoms with Gasteiger partial charge in [0.05, 0.1) is 11.9 Å². The highest BCUT2D eigenvalue weighted by Crippen LogP contribution is 2.17. The number of pyridine rings is 1. The van der Waals surface area contributed by atoms with Crippen LogP contribution in [-0.2, 0) is 0 Å². The molecule has 0 fully saturated rings. The van der Waals surface area contributed by atoms with Crippen LogP contribution in [0, 0.1) is 0 Å². The molecule has 0 unspecified atom stereocenters. The molecule has 3 aromatic rings. The van der Waals surface area contributed by atoms with Crippen molar-refractivity contribution < 1.29 is 4.79 Å². The van der Waals surface area contributed by atoms with E-state index in [4.69, 9.17) is 5.73 Å². The zero-order valence-corrected chi connectivity index (χ0v) is 10.2. The minimum atomic E-state index is -0.0919. The standard InChI is InChI=1S/C16H12N2O/c17-14-7-8-15(18-10-14)16(19)13-6-5-11-3-1-2-4-12(11)9-13/h1-10H,17H2. The molecule has 0 bridgehead atoms. The fourth-order valence-corrected chi connectivity index (χ4v) is 2.02. The summed E-state index contributed by atoms with van der Waals surface area (Å²) in [6, 6.07) is 16.9. The summed E-state index contributed by atoms with van der Waals surface area (Å²) in [5, 5.41) is 2.16. The van der Waals surface area contributed by atoms with Crippen molar-refractivity contribution in [3.63, 3.8) is 0 Å². The van der Waals surface area contributed by atoms with Gasteiger partial charge in [-0.15, -0.1) is 0 Å². The molecular weight excluding hydrogens is 236 g/mol. The third-order valence-electron chi connectivity index (χ3n) is 3.03. The quantitative estimate of drug-likeness (QED) is 0.709. The van der Waals surface area contributed by atoms with Crippen LogP contribution in [0.3, 0.4) is 0 Å². The van der Waals surface area contributed by atoms with E-state index >= 15 is 0 Å². The number of nitrogens with zero attached hydrogens (tertiary/aromatic N) is 1. The third kappa shape index (κ3) is 2.18. The summed E-state index contributed by atoms with van der Waals surface area (Å²) in [6.07, 6.45) is 1.49. The minimum absolute atomic E-state index is 0.0919. The SMILES string of the molecule is Nc1ccc(C(=O)c2ccc3ccccc3c2)nc1. The van der Waals surface area contributed by atoms with E-state index < -0.39 is 0 Å². The average molecular weight is 248 g/mol. The number of rotatable bonds is 2. The van der Waals surface area contributed by atoms with Crippen molar-refractivity contribution in [2.45, 2.75) is 0 Å². The predicted molar refractivity (Wildman–Crippen MR) is 76.0 cm³/mol. The van der Waals surface area contributed by atoms with Crippen LogP contribution in [0.4, 0.5) is 5.69 Å². The van der Waals surface area contributed by atoms with E-state index in [1.54, 1.807) is 12.1 Å². The Hall–Kier alpha value is -2.68. The van der Waals surface area contributed by atoms with Gasteiger partial charge in [0.1, 0.15) is 5.69 Å². The largest absolute Gasteiger partial charge is 0.397 e. The number of fused-ring (bicyclic) bond motifs is 1. The predicted octanol–water partition coefficient (Wildman–Crippen LogP) is 3.05. The monoisotopic (exact) mass is 248 g/mol. The summed E-state index contributed by atoms with van der Waals surface area (Å²) < 4.78 is 0. The molecule has 0 amide bonds. The topological polar surface area (TPSA) is 56.0 Å². The van der Waals surface area contributed by atoms with E-state index in [0.29, 0.717) is 16.9 Å². The van der Waals surface area contributed by atoms with E-state index in [2.05, 4.69) is 4.98 Å². The molecule has 0 aliphatic heterocycles. The zero-order chi connectivity index (χ0) is 13.2. The summed E-state index contributed by atoms with van der Waals surface area (Å²) in [4.78, 5) is 16.4. The van der Waals surface area contributed by atoms with Crippen LogP contribution >= 0.6 is 0 Å². The van der Waals surface area contributed by atoms with Gasteiger partial charge in [-0.1, -0.05) is 36.4 Å². The highest BCUT2D eigenvalue weighted by atomic mass is 16.1. The molecule has 0 saturated heterocycles. The highest BCUT2D eigenvalue weighted by Gasteiger charge is 2.10. The van der Waals surface area contributed by atoms with E-state index in [9.17, 15) is 4.79 Å². The van der Waals surface area contributed by atoms with Crippen molar-refractivity contribution in [1.29, 1.82) is 0 Å². The van der Waals surface area contributed by atoms with Crippen LogP contribution in [0.5, 0.6) is 0 Å². The second kappa shape index (κ2) is 4.53. The van der Waals surface area contributed by atoms with Crippen LogP contribution in [0.1, 0.15) is 16.1 Å².